The van der Waals surface area contributed by atoms with Gasteiger partial charge in [-0.15, -0.1) is 0 Å². The van der Waals surface area contributed by atoms with Gasteiger partial charge in [0.1, 0.15) is 11.2 Å². The van der Waals surface area contributed by atoms with Crippen molar-refractivity contribution in [3.8, 4) is 0 Å². The van der Waals surface area contributed by atoms with Gasteiger partial charge in [-0.2, -0.15) is 4.37 Å². The SMILES string of the molecule is NN1CCOCC1c1ncnc2sncc12. The van der Waals surface area contributed by atoms with E-state index in [-0.39, 0.29) is 6.04 Å². The lowest BCUT2D eigenvalue weighted by Gasteiger charge is -2.31. The first kappa shape index (κ1) is 10.0. The van der Waals surface area contributed by atoms with E-state index >= 15 is 0 Å². The largest absolute Gasteiger partial charge is 0.378 e. The summed E-state index contributed by atoms with van der Waals surface area (Å²) < 4.78 is 9.55. The van der Waals surface area contributed by atoms with Crippen LogP contribution in [0.15, 0.2) is 12.5 Å². The van der Waals surface area contributed by atoms with E-state index in [1.54, 1.807) is 17.5 Å². The molecule has 3 rings (SSSR count). The van der Waals surface area contributed by atoms with Crippen molar-refractivity contribution < 1.29 is 4.74 Å². The van der Waals surface area contributed by atoms with Crippen molar-refractivity contribution in [1.82, 2.24) is 19.4 Å². The third-order valence-corrected chi connectivity index (χ3v) is 3.39. The van der Waals surface area contributed by atoms with Crippen molar-refractivity contribution in [2.24, 2.45) is 5.84 Å². The van der Waals surface area contributed by atoms with Crippen molar-refractivity contribution in [2.45, 2.75) is 6.04 Å². The molecular formula is C9H11N5OS. The van der Waals surface area contributed by atoms with Gasteiger partial charge in [-0.1, -0.05) is 0 Å². The lowest BCUT2D eigenvalue weighted by atomic mass is 10.1. The Bertz CT molecular complexity index is 501. The molecule has 0 amide bonds. The standard InChI is InChI=1S/C9H11N5OS/c10-14-1-2-15-4-7(14)8-6-3-13-16-9(6)12-5-11-8/h3,5,7H,1-2,4,10H2. The molecular weight excluding hydrogens is 226 g/mol. The zero-order valence-electron chi connectivity index (χ0n) is 8.54. The van der Waals surface area contributed by atoms with E-state index in [0.717, 1.165) is 15.9 Å². The molecule has 0 radical (unpaired) electrons. The molecule has 84 valence electrons. The van der Waals surface area contributed by atoms with Crippen LogP contribution in [0.5, 0.6) is 0 Å². The summed E-state index contributed by atoms with van der Waals surface area (Å²) in [4.78, 5) is 9.37. The Morgan fingerprint density at radius 1 is 1.50 bits per heavy atom. The summed E-state index contributed by atoms with van der Waals surface area (Å²) in [6, 6.07) is -0.00403. The average molecular weight is 237 g/mol. The fourth-order valence-electron chi connectivity index (χ4n) is 1.83. The number of aromatic nitrogens is 3. The molecule has 1 aliphatic heterocycles. The van der Waals surface area contributed by atoms with Crippen LogP contribution in [0.4, 0.5) is 0 Å². The minimum atomic E-state index is -0.00403. The van der Waals surface area contributed by atoms with Crippen LogP contribution < -0.4 is 5.84 Å². The number of fused-ring (bicyclic) bond motifs is 1. The first-order valence-corrected chi connectivity index (χ1v) is 5.78. The number of rotatable bonds is 1. The Morgan fingerprint density at radius 3 is 3.31 bits per heavy atom. The van der Waals surface area contributed by atoms with Gasteiger partial charge in [-0.3, -0.25) is 5.84 Å². The highest BCUT2D eigenvalue weighted by atomic mass is 32.1. The van der Waals surface area contributed by atoms with Crippen LogP contribution in [-0.2, 0) is 4.74 Å². The first-order chi connectivity index (χ1) is 7.86. The van der Waals surface area contributed by atoms with E-state index in [1.807, 2.05) is 0 Å². The van der Waals surface area contributed by atoms with Crippen molar-refractivity contribution in [2.75, 3.05) is 19.8 Å². The Kier molecular flexibility index (Phi) is 2.52. The van der Waals surface area contributed by atoms with Gasteiger partial charge in [0.25, 0.3) is 0 Å². The molecule has 0 saturated carbocycles. The molecule has 0 spiro atoms. The van der Waals surface area contributed by atoms with Gasteiger partial charge < -0.3 is 4.74 Å². The van der Waals surface area contributed by atoms with Crippen LogP contribution in [0.3, 0.4) is 0 Å². The molecule has 0 aliphatic carbocycles. The van der Waals surface area contributed by atoms with E-state index in [1.165, 1.54) is 11.5 Å². The average Bonchev–Trinajstić information content (AvgIpc) is 2.77. The molecule has 1 aliphatic rings. The lowest BCUT2D eigenvalue weighted by molar-refractivity contribution is -0.00993. The molecule has 1 atom stereocenters. The smallest absolute Gasteiger partial charge is 0.147 e. The Labute approximate surface area is 96.2 Å². The van der Waals surface area contributed by atoms with Crippen molar-refractivity contribution in [3.05, 3.63) is 18.2 Å². The molecule has 7 heteroatoms. The maximum Gasteiger partial charge on any atom is 0.147 e. The van der Waals surface area contributed by atoms with E-state index in [0.29, 0.717) is 19.8 Å². The summed E-state index contributed by atoms with van der Waals surface area (Å²) in [5, 5.41) is 2.74. The van der Waals surface area contributed by atoms with Gasteiger partial charge in [0.05, 0.1) is 36.5 Å². The summed E-state index contributed by atoms with van der Waals surface area (Å²) in [6.07, 6.45) is 3.34. The van der Waals surface area contributed by atoms with Gasteiger partial charge in [0.2, 0.25) is 0 Å². The van der Waals surface area contributed by atoms with Crippen LogP contribution in [-0.4, -0.2) is 39.1 Å². The molecule has 2 N–H and O–H groups in total. The zero-order valence-corrected chi connectivity index (χ0v) is 9.35. The summed E-state index contributed by atoms with van der Waals surface area (Å²) in [6.45, 7) is 1.95. The van der Waals surface area contributed by atoms with E-state index in [9.17, 15) is 0 Å². The van der Waals surface area contributed by atoms with Crippen LogP contribution >= 0.6 is 11.5 Å². The summed E-state index contributed by atoms with van der Waals surface area (Å²) in [5.74, 6) is 5.95. The number of nitrogens with two attached hydrogens (primary N) is 1. The van der Waals surface area contributed by atoms with Gasteiger partial charge in [-0.05, 0) is 11.5 Å². The highest BCUT2D eigenvalue weighted by Gasteiger charge is 2.25. The normalized spacial score (nSPS) is 22.7. The molecule has 6 nitrogen and oxygen atoms in total. The molecule has 1 fully saturated rings. The number of hydrogen-bond donors (Lipinski definition) is 1. The lowest BCUT2D eigenvalue weighted by Crippen LogP contribution is -2.44. The minimum Gasteiger partial charge on any atom is -0.378 e. The Hall–Kier alpha value is -1.15. The van der Waals surface area contributed by atoms with Gasteiger partial charge in [-0.25, -0.2) is 15.0 Å². The molecule has 16 heavy (non-hydrogen) atoms. The fourth-order valence-corrected chi connectivity index (χ4v) is 2.44. The maximum absolute atomic E-state index is 5.95. The predicted molar refractivity (Wildman–Crippen MR) is 59.7 cm³/mol. The molecule has 0 aromatic carbocycles. The predicted octanol–water partition coefficient (Wildman–Crippen LogP) is 0.333. The second-order valence-corrected chi connectivity index (χ2v) is 4.41. The highest BCUT2D eigenvalue weighted by molar-refractivity contribution is 7.12. The number of nitrogens with zero attached hydrogens (tertiary/aromatic N) is 4. The first-order valence-electron chi connectivity index (χ1n) is 5.00. The monoisotopic (exact) mass is 237 g/mol. The third-order valence-electron chi connectivity index (χ3n) is 2.68. The van der Waals surface area contributed by atoms with Crippen LogP contribution in [0.25, 0.3) is 10.2 Å². The molecule has 1 unspecified atom stereocenters. The highest BCUT2D eigenvalue weighted by Crippen LogP contribution is 2.26. The van der Waals surface area contributed by atoms with E-state index in [4.69, 9.17) is 10.6 Å². The topological polar surface area (TPSA) is 77.2 Å². The molecule has 2 aromatic heterocycles. The second kappa shape index (κ2) is 4.02. The Morgan fingerprint density at radius 2 is 2.44 bits per heavy atom. The molecule has 1 saturated heterocycles. The molecule has 0 bridgehead atoms. The van der Waals surface area contributed by atoms with Gasteiger partial charge in [0.15, 0.2) is 0 Å². The summed E-state index contributed by atoms with van der Waals surface area (Å²) in [7, 11) is 0. The van der Waals surface area contributed by atoms with Crippen LogP contribution in [0.2, 0.25) is 0 Å². The number of hydrogen-bond acceptors (Lipinski definition) is 7. The third kappa shape index (κ3) is 1.57. The van der Waals surface area contributed by atoms with Crippen LogP contribution in [0.1, 0.15) is 11.7 Å². The van der Waals surface area contributed by atoms with Gasteiger partial charge >= 0.3 is 0 Å². The van der Waals surface area contributed by atoms with Crippen molar-refractivity contribution in [3.63, 3.8) is 0 Å². The van der Waals surface area contributed by atoms with Crippen LogP contribution in [0, 0.1) is 0 Å². The zero-order chi connectivity index (χ0) is 11.0. The van der Waals surface area contributed by atoms with E-state index in [2.05, 4.69) is 14.3 Å². The number of hydrazine groups is 1. The quantitative estimate of drug-likeness (QED) is 0.720. The fraction of sp³-hybridized carbons (Fsp3) is 0.444. The Balaban J connectivity index is 2.07. The number of morpholine rings is 1. The maximum atomic E-state index is 5.95. The molecule has 2 aromatic rings. The second-order valence-electron chi connectivity index (χ2n) is 3.63. The minimum absolute atomic E-state index is 0.00403. The van der Waals surface area contributed by atoms with Crippen molar-refractivity contribution in [1.29, 1.82) is 0 Å². The van der Waals surface area contributed by atoms with Crippen molar-refractivity contribution >= 4 is 21.7 Å². The summed E-state index contributed by atoms with van der Waals surface area (Å²) in [5.41, 5.74) is 0.904. The molecule has 3 heterocycles. The van der Waals surface area contributed by atoms with Gasteiger partial charge in [0, 0.05) is 6.54 Å². The summed E-state index contributed by atoms with van der Waals surface area (Å²) >= 11 is 1.37. The number of ether oxygens (including phenoxy) is 1. The van der Waals surface area contributed by atoms with E-state index < -0.39 is 0 Å².